The monoisotopic (exact) mass is 601 g/mol. The van der Waals surface area contributed by atoms with Crippen molar-refractivity contribution in [2.24, 2.45) is 5.10 Å². The summed E-state index contributed by atoms with van der Waals surface area (Å²) in [6.07, 6.45) is 1.63. The van der Waals surface area contributed by atoms with Crippen molar-refractivity contribution in [3.63, 3.8) is 0 Å². The van der Waals surface area contributed by atoms with Crippen LogP contribution >= 0.6 is 22.6 Å². The molecule has 1 aromatic heterocycles. The maximum atomic E-state index is 13.3. The van der Waals surface area contributed by atoms with Crippen LogP contribution in [0, 0.1) is 3.57 Å². The molecule has 0 aliphatic rings. The van der Waals surface area contributed by atoms with E-state index < -0.39 is 5.97 Å². The molecule has 1 heterocycles. The summed E-state index contributed by atoms with van der Waals surface area (Å²) in [5.41, 5.74) is 3.05. The Kier molecular flexibility index (Phi) is 7.09. The third kappa shape index (κ3) is 5.44. The average molecular weight is 601 g/mol. The van der Waals surface area contributed by atoms with Gasteiger partial charge < -0.3 is 9.84 Å². The van der Waals surface area contributed by atoms with Crippen LogP contribution in [0.2, 0.25) is 0 Å². The van der Waals surface area contributed by atoms with E-state index in [1.54, 1.807) is 36.5 Å². The summed E-state index contributed by atoms with van der Waals surface area (Å²) in [6.45, 7) is 0.307. The van der Waals surface area contributed by atoms with Gasteiger partial charge in [0.05, 0.1) is 26.3 Å². The molecule has 37 heavy (non-hydrogen) atoms. The number of benzene rings is 4. The standard InChI is InChI=1S/C29H20IN3O4/c30-24-16-20(12-15-26(24)37-18-19-10-13-22(14-11-19)29(35)36)17-31-33-27(21-6-2-1-3-7-21)32-25-9-5-4-8-23(25)28(33)34/h1-17H,18H2,(H,35,36). The summed E-state index contributed by atoms with van der Waals surface area (Å²) >= 11 is 2.19. The highest BCUT2D eigenvalue weighted by atomic mass is 127. The minimum atomic E-state index is -0.961. The molecule has 0 saturated heterocycles. The van der Waals surface area contributed by atoms with E-state index in [0.29, 0.717) is 29.1 Å². The van der Waals surface area contributed by atoms with E-state index in [9.17, 15) is 9.59 Å². The minimum Gasteiger partial charge on any atom is -0.488 e. The fraction of sp³-hybridized carbons (Fsp3) is 0.0345. The molecular weight excluding hydrogens is 581 g/mol. The third-order valence-corrected chi connectivity index (χ3v) is 6.50. The summed E-state index contributed by atoms with van der Waals surface area (Å²) in [5.74, 6) is 0.190. The number of carboxylic acid groups (broad SMARTS) is 1. The number of rotatable bonds is 7. The van der Waals surface area contributed by atoms with Gasteiger partial charge in [0.15, 0.2) is 5.82 Å². The van der Waals surface area contributed by atoms with Gasteiger partial charge in [-0.1, -0.05) is 54.6 Å². The molecule has 5 aromatic rings. The van der Waals surface area contributed by atoms with E-state index in [2.05, 4.69) is 27.7 Å². The van der Waals surface area contributed by atoms with Crippen LogP contribution in [0.5, 0.6) is 5.75 Å². The zero-order chi connectivity index (χ0) is 25.8. The van der Waals surface area contributed by atoms with Crippen molar-refractivity contribution in [2.75, 3.05) is 0 Å². The number of hydrogen-bond donors (Lipinski definition) is 1. The van der Waals surface area contributed by atoms with Gasteiger partial charge in [0.2, 0.25) is 0 Å². The van der Waals surface area contributed by atoms with Crippen LogP contribution in [0.25, 0.3) is 22.3 Å². The molecule has 0 atom stereocenters. The molecule has 0 amide bonds. The first kappa shape index (κ1) is 24.4. The van der Waals surface area contributed by atoms with Crippen molar-refractivity contribution >= 4 is 45.7 Å². The van der Waals surface area contributed by atoms with Crippen molar-refractivity contribution in [1.82, 2.24) is 9.66 Å². The van der Waals surface area contributed by atoms with Crippen LogP contribution in [0.15, 0.2) is 107 Å². The first-order chi connectivity index (χ1) is 18.0. The van der Waals surface area contributed by atoms with Crippen LogP contribution in [-0.2, 0) is 6.61 Å². The molecule has 0 fully saturated rings. The van der Waals surface area contributed by atoms with Gasteiger partial charge in [-0.05, 0) is 76.2 Å². The topological polar surface area (TPSA) is 93.8 Å². The molecule has 1 N–H and O–H groups in total. The highest BCUT2D eigenvalue weighted by Gasteiger charge is 2.12. The van der Waals surface area contributed by atoms with Gasteiger partial charge in [-0.25, -0.2) is 9.78 Å². The van der Waals surface area contributed by atoms with Crippen LogP contribution in [-0.4, -0.2) is 27.0 Å². The van der Waals surface area contributed by atoms with Gasteiger partial charge in [0.25, 0.3) is 5.56 Å². The molecule has 7 nitrogen and oxygen atoms in total. The molecule has 0 unspecified atom stereocenters. The Bertz CT molecular complexity index is 1680. The quantitative estimate of drug-likeness (QED) is 0.187. The molecule has 8 heteroatoms. The second-order valence-corrected chi connectivity index (χ2v) is 9.32. The maximum Gasteiger partial charge on any atom is 0.335 e. The Labute approximate surface area is 225 Å². The van der Waals surface area contributed by atoms with E-state index in [0.717, 1.165) is 20.3 Å². The van der Waals surface area contributed by atoms with Crippen LogP contribution in [0.1, 0.15) is 21.5 Å². The second-order valence-electron chi connectivity index (χ2n) is 8.16. The number of para-hydroxylation sites is 1. The number of aromatic nitrogens is 2. The number of ether oxygens (including phenoxy) is 1. The van der Waals surface area contributed by atoms with Crippen LogP contribution in [0.3, 0.4) is 0 Å². The smallest absolute Gasteiger partial charge is 0.335 e. The Hall–Kier alpha value is -4.31. The van der Waals surface area contributed by atoms with E-state index in [4.69, 9.17) is 14.8 Å². The largest absolute Gasteiger partial charge is 0.488 e. The Morgan fingerprint density at radius 3 is 2.43 bits per heavy atom. The fourth-order valence-corrected chi connectivity index (χ4v) is 4.44. The Morgan fingerprint density at radius 2 is 1.70 bits per heavy atom. The zero-order valence-corrected chi connectivity index (χ0v) is 21.6. The molecule has 0 aliphatic heterocycles. The Balaban J connectivity index is 1.41. The first-order valence-corrected chi connectivity index (χ1v) is 12.4. The van der Waals surface area contributed by atoms with E-state index in [-0.39, 0.29) is 11.1 Å². The molecule has 0 bridgehead atoms. The molecule has 0 saturated carbocycles. The van der Waals surface area contributed by atoms with Gasteiger partial charge in [-0.2, -0.15) is 9.78 Å². The highest BCUT2D eigenvalue weighted by molar-refractivity contribution is 14.1. The maximum absolute atomic E-state index is 13.3. The van der Waals surface area contributed by atoms with Gasteiger partial charge in [-0.3, -0.25) is 4.79 Å². The van der Waals surface area contributed by atoms with Crippen molar-refractivity contribution in [1.29, 1.82) is 0 Å². The zero-order valence-electron chi connectivity index (χ0n) is 19.4. The summed E-state index contributed by atoms with van der Waals surface area (Å²) in [7, 11) is 0. The lowest BCUT2D eigenvalue weighted by atomic mass is 10.1. The number of halogens is 1. The third-order valence-electron chi connectivity index (χ3n) is 5.66. The summed E-state index contributed by atoms with van der Waals surface area (Å²) in [5, 5.41) is 14.0. The molecule has 182 valence electrons. The SMILES string of the molecule is O=C(O)c1ccc(COc2ccc(C=Nn3c(-c4ccccc4)nc4ccccc4c3=O)cc2I)cc1. The van der Waals surface area contributed by atoms with Crippen LogP contribution < -0.4 is 10.3 Å². The van der Waals surface area contributed by atoms with Gasteiger partial charge in [0, 0.05) is 5.56 Å². The van der Waals surface area contributed by atoms with E-state index in [1.165, 1.54) is 4.68 Å². The highest BCUT2D eigenvalue weighted by Crippen LogP contribution is 2.23. The van der Waals surface area contributed by atoms with Crippen molar-refractivity contribution in [3.05, 3.63) is 128 Å². The lowest BCUT2D eigenvalue weighted by Gasteiger charge is -2.10. The molecule has 4 aromatic carbocycles. The van der Waals surface area contributed by atoms with E-state index in [1.807, 2.05) is 66.7 Å². The first-order valence-electron chi connectivity index (χ1n) is 11.4. The number of hydrogen-bond acceptors (Lipinski definition) is 5. The number of carbonyl (C=O) groups is 1. The second kappa shape index (κ2) is 10.8. The summed E-state index contributed by atoms with van der Waals surface area (Å²) < 4.78 is 8.12. The molecule has 0 spiro atoms. The lowest BCUT2D eigenvalue weighted by Crippen LogP contribution is -2.20. The summed E-state index contributed by atoms with van der Waals surface area (Å²) in [6, 6.07) is 28.9. The number of fused-ring (bicyclic) bond motifs is 1. The minimum absolute atomic E-state index is 0.234. The number of aromatic carboxylic acids is 1. The molecular formula is C29H20IN3O4. The van der Waals surface area contributed by atoms with Gasteiger partial charge in [0.1, 0.15) is 12.4 Å². The average Bonchev–Trinajstić information content (AvgIpc) is 2.92. The predicted octanol–water partition coefficient (Wildman–Crippen LogP) is 5.83. The predicted molar refractivity (Wildman–Crippen MR) is 151 cm³/mol. The number of nitrogens with zero attached hydrogens (tertiary/aromatic N) is 3. The van der Waals surface area contributed by atoms with Crippen molar-refractivity contribution in [3.8, 4) is 17.1 Å². The van der Waals surface area contributed by atoms with Crippen molar-refractivity contribution in [2.45, 2.75) is 6.61 Å². The van der Waals surface area contributed by atoms with Crippen molar-refractivity contribution < 1.29 is 14.6 Å². The molecule has 0 radical (unpaired) electrons. The fourth-order valence-electron chi connectivity index (χ4n) is 3.75. The Morgan fingerprint density at radius 1 is 0.973 bits per heavy atom. The normalized spacial score (nSPS) is 11.2. The van der Waals surface area contributed by atoms with Gasteiger partial charge >= 0.3 is 5.97 Å². The summed E-state index contributed by atoms with van der Waals surface area (Å²) in [4.78, 5) is 29.0. The van der Waals surface area contributed by atoms with Crippen LogP contribution in [0.4, 0.5) is 0 Å². The van der Waals surface area contributed by atoms with Gasteiger partial charge in [-0.15, -0.1) is 0 Å². The molecule has 0 aliphatic carbocycles. The van der Waals surface area contributed by atoms with E-state index >= 15 is 0 Å². The number of carboxylic acids is 1. The molecule has 5 rings (SSSR count). The lowest BCUT2D eigenvalue weighted by molar-refractivity contribution is 0.0697.